The van der Waals surface area contributed by atoms with Crippen LogP contribution in [0, 0.1) is 5.92 Å². The first-order chi connectivity index (χ1) is 7.75. The van der Waals surface area contributed by atoms with E-state index in [9.17, 15) is 4.79 Å². The molecule has 0 radical (unpaired) electrons. The van der Waals surface area contributed by atoms with Gasteiger partial charge in [-0.25, -0.2) is 0 Å². The molecule has 0 aromatic heterocycles. The van der Waals surface area contributed by atoms with Crippen molar-refractivity contribution in [3.8, 4) is 0 Å². The van der Waals surface area contributed by atoms with Gasteiger partial charge in [-0.15, -0.1) is 0 Å². The molecule has 0 amide bonds. The molecule has 3 rings (SSSR count). The summed E-state index contributed by atoms with van der Waals surface area (Å²) in [7, 11) is 1.40. The quantitative estimate of drug-likeness (QED) is 0.499. The average Bonchev–Trinajstić information content (AvgIpc) is 3.01. The number of ether oxygens (including phenoxy) is 4. The van der Waals surface area contributed by atoms with Crippen molar-refractivity contribution in [1.82, 2.24) is 0 Å². The van der Waals surface area contributed by atoms with Crippen LogP contribution in [-0.2, 0) is 23.7 Å². The molecule has 88 valence electrons. The zero-order valence-electron chi connectivity index (χ0n) is 9.05. The van der Waals surface area contributed by atoms with Crippen molar-refractivity contribution in [3.63, 3.8) is 0 Å². The zero-order chi connectivity index (χ0) is 11.2. The summed E-state index contributed by atoms with van der Waals surface area (Å²) in [6.45, 7) is 1.16. The molecular weight excluding hydrogens is 212 g/mol. The minimum Gasteiger partial charge on any atom is -0.469 e. The molecule has 3 heterocycles. The van der Waals surface area contributed by atoms with Crippen LogP contribution in [0.25, 0.3) is 0 Å². The molecule has 0 spiro atoms. The Bertz CT molecular complexity index is 333. The second-order valence-corrected chi connectivity index (χ2v) is 4.30. The SMILES string of the molecule is COC(=O)[C@@H]1C[C@]2(C3OCCO3)C=CC1O2. The van der Waals surface area contributed by atoms with Gasteiger partial charge in [0.05, 0.1) is 32.3 Å². The number of hydrogen-bond acceptors (Lipinski definition) is 5. The second kappa shape index (κ2) is 3.55. The summed E-state index contributed by atoms with van der Waals surface area (Å²) in [5.41, 5.74) is -0.583. The first-order valence-corrected chi connectivity index (χ1v) is 5.43. The zero-order valence-corrected chi connectivity index (χ0v) is 9.05. The van der Waals surface area contributed by atoms with E-state index in [0.29, 0.717) is 19.6 Å². The highest BCUT2D eigenvalue weighted by Crippen LogP contribution is 2.46. The van der Waals surface area contributed by atoms with Crippen LogP contribution >= 0.6 is 0 Å². The lowest BCUT2D eigenvalue weighted by Crippen LogP contribution is -2.40. The van der Waals surface area contributed by atoms with Crippen LogP contribution in [0.2, 0.25) is 0 Å². The van der Waals surface area contributed by atoms with Crippen LogP contribution in [0.15, 0.2) is 12.2 Å². The standard InChI is InChI=1S/C11H14O5/c1-13-9(12)7-6-11(3-2-8(7)16-11)10-14-4-5-15-10/h2-3,7-8,10H,4-6H2,1H3/t7-,8?,11+/m1/s1. The molecule has 3 atom stereocenters. The van der Waals surface area contributed by atoms with E-state index in [0.717, 1.165) is 0 Å². The fraction of sp³-hybridized carbons (Fsp3) is 0.727. The Hall–Kier alpha value is -0.910. The minimum atomic E-state index is -0.583. The number of fused-ring (bicyclic) bond motifs is 2. The number of esters is 1. The van der Waals surface area contributed by atoms with Gasteiger partial charge in [0.15, 0.2) is 6.29 Å². The monoisotopic (exact) mass is 226 g/mol. The number of rotatable bonds is 2. The lowest BCUT2D eigenvalue weighted by molar-refractivity contribution is -0.164. The molecule has 3 aliphatic heterocycles. The highest BCUT2D eigenvalue weighted by Gasteiger charge is 2.57. The Kier molecular flexibility index (Phi) is 2.27. The van der Waals surface area contributed by atoms with E-state index in [1.54, 1.807) is 0 Å². The summed E-state index contributed by atoms with van der Waals surface area (Å²) < 4.78 is 21.5. The highest BCUT2D eigenvalue weighted by atomic mass is 16.7. The maximum Gasteiger partial charge on any atom is 0.311 e. The molecule has 5 heteroatoms. The predicted octanol–water partition coefficient (Wildman–Crippen LogP) is 0.246. The Labute approximate surface area is 93.3 Å². The summed E-state index contributed by atoms with van der Waals surface area (Å²) in [5, 5.41) is 0. The number of methoxy groups -OCH3 is 1. The van der Waals surface area contributed by atoms with E-state index in [-0.39, 0.29) is 24.3 Å². The average molecular weight is 226 g/mol. The first kappa shape index (κ1) is 10.3. The van der Waals surface area contributed by atoms with E-state index in [1.165, 1.54) is 7.11 Å². The summed E-state index contributed by atoms with van der Waals surface area (Å²) in [4.78, 5) is 11.5. The lowest BCUT2D eigenvalue weighted by atomic mass is 9.86. The van der Waals surface area contributed by atoms with Crippen LogP contribution in [0.3, 0.4) is 0 Å². The van der Waals surface area contributed by atoms with Crippen molar-refractivity contribution in [1.29, 1.82) is 0 Å². The van der Waals surface area contributed by atoms with Gasteiger partial charge < -0.3 is 18.9 Å². The third kappa shape index (κ3) is 1.32. The summed E-state index contributed by atoms with van der Waals surface area (Å²) in [6, 6.07) is 0. The maximum absolute atomic E-state index is 11.5. The molecule has 2 saturated heterocycles. The number of carbonyl (C=O) groups excluding carboxylic acids is 1. The van der Waals surface area contributed by atoms with E-state index < -0.39 is 5.60 Å². The van der Waals surface area contributed by atoms with Gasteiger partial charge in [-0.2, -0.15) is 0 Å². The fourth-order valence-corrected chi connectivity index (χ4v) is 2.62. The molecular formula is C11H14O5. The van der Waals surface area contributed by atoms with E-state index >= 15 is 0 Å². The van der Waals surface area contributed by atoms with Crippen molar-refractivity contribution in [2.45, 2.75) is 24.4 Å². The molecule has 2 fully saturated rings. The van der Waals surface area contributed by atoms with Crippen molar-refractivity contribution >= 4 is 5.97 Å². The van der Waals surface area contributed by atoms with Gasteiger partial charge in [0.2, 0.25) is 0 Å². The van der Waals surface area contributed by atoms with Gasteiger partial charge in [0.25, 0.3) is 0 Å². The molecule has 0 aromatic rings. The van der Waals surface area contributed by atoms with Gasteiger partial charge in [-0.3, -0.25) is 4.79 Å². The normalized spacial score (nSPS) is 41.8. The molecule has 5 nitrogen and oxygen atoms in total. The van der Waals surface area contributed by atoms with Crippen molar-refractivity contribution in [3.05, 3.63) is 12.2 Å². The largest absolute Gasteiger partial charge is 0.469 e. The van der Waals surface area contributed by atoms with Crippen molar-refractivity contribution in [2.24, 2.45) is 5.92 Å². The van der Waals surface area contributed by atoms with Crippen LogP contribution in [0.1, 0.15) is 6.42 Å². The van der Waals surface area contributed by atoms with Crippen LogP contribution in [0.5, 0.6) is 0 Å². The van der Waals surface area contributed by atoms with Crippen LogP contribution in [0.4, 0.5) is 0 Å². The van der Waals surface area contributed by atoms with Gasteiger partial charge in [-0.1, -0.05) is 6.08 Å². The molecule has 0 N–H and O–H groups in total. The molecule has 16 heavy (non-hydrogen) atoms. The van der Waals surface area contributed by atoms with Gasteiger partial charge >= 0.3 is 5.97 Å². The minimum absolute atomic E-state index is 0.194. The first-order valence-electron chi connectivity index (χ1n) is 5.43. The molecule has 2 bridgehead atoms. The summed E-state index contributed by atoms with van der Waals surface area (Å²) in [6.07, 6.45) is 3.85. The Morgan fingerprint density at radius 1 is 1.44 bits per heavy atom. The fourth-order valence-electron chi connectivity index (χ4n) is 2.62. The molecule has 0 aliphatic carbocycles. The number of carbonyl (C=O) groups is 1. The van der Waals surface area contributed by atoms with Gasteiger partial charge in [-0.05, 0) is 6.08 Å². The predicted molar refractivity (Wildman–Crippen MR) is 52.6 cm³/mol. The molecule has 3 aliphatic rings. The Balaban J connectivity index is 1.80. The summed E-state index contributed by atoms with van der Waals surface area (Å²) in [5.74, 6) is -0.461. The van der Waals surface area contributed by atoms with E-state index in [4.69, 9.17) is 18.9 Å². The summed E-state index contributed by atoms with van der Waals surface area (Å²) >= 11 is 0. The molecule has 1 unspecified atom stereocenters. The maximum atomic E-state index is 11.5. The highest BCUT2D eigenvalue weighted by molar-refractivity contribution is 5.74. The van der Waals surface area contributed by atoms with Crippen LogP contribution in [-0.4, -0.2) is 44.3 Å². The third-order valence-corrected chi connectivity index (χ3v) is 3.38. The number of hydrogen-bond donors (Lipinski definition) is 0. The lowest BCUT2D eigenvalue weighted by Gasteiger charge is -2.27. The van der Waals surface area contributed by atoms with Gasteiger partial charge in [0.1, 0.15) is 5.60 Å². The van der Waals surface area contributed by atoms with Crippen LogP contribution < -0.4 is 0 Å². The topological polar surface area (TPSA) is 54.0 Å². The van der Waals surface area contributed by atoms with Crippen molar-refractivity contribution in [2.75, 3.05) is 20.3 Å². The Morgan fingerprint density at radius 2 is 2.19 bits per heavy atom. The van der Waals surface area contributed by atoms with Crippen molar-refractivity contribution < 1.29 is 23.7 Å². The molecule has 0 aromatic carbocycles. The third-order valence-electron chi connectivity index (χ3n) is 3.38. The second-order valence-electron chi connectivity index (χ2n) is 4.30. The van der Waals surface area contributed by atoms with E-state index in [1.807, 2.05) is 12.2 Å². The molecule has 0 saturated carbocycles. The van der Waals surface area contributed by atoms with Gasteiger partial charge in [0, 0.05) is 6.42 Å². The smallest absolute Gasteiger partial charge is 0.311 e. The van der Waals surface area contributed by atoms with E-state index in [2.05, 4.69) is 0 Å². The Morgan fingerprint density at radius 3 is 2.88 bits per heavy atom.